The highest BCUT2D eigenvalue weighted by Crippen LogP contribution is 2.09. The first kappa shape index (κ1) is 18.4. The van der Waals surface area contributed by atoms with E-state index in [9.17, 15) is 16.8 Å². The monoisotopic (exact) mass is 328 g/mol. The molecule has 14 heteroatoms. The molecule has 0 aliphatic heterocycles. The van der Waals surface area contributed by atoms with E-state index in [-0.39, 0.29) is 0 Å². The van der Waals surface area contributed by atoms with Gasteiger partial charge in [-0.05, 0) is 11.1 Å². The van der Waals surface area contributed by atoms with Gasteiger partial charge >= 0.3 is 0 Å². The van der Waals surface area contributed by atoms with Crippen LogP contribution in [0.15, 0.2) is 10.2 Å². The molecule has 0 aliphatic rings. The Hall–Kier alpha value is -1.56. The van der Waals surface area contributed by atoms with E-state index in [0.29, 0.717) is 0 Å². The van der Waals surface area contributed by atoms with Crippen LogP contribution in [-0.4, -0.2) is 54.6 Å². The molecule has 0 aliphatic carbocycles. The molecule has 0 aromatic rings. The van der Waals surface area contributed by atoms with E-state index < -0.39 is 45.5 Å². The first-order chi connectivity index (χ1) is 9.09. The minimum absolute atomic E-state index is 0.611. The van der Waals surface area contributed by atoms with E-state index >= 15 is 0 Å². The van der Waals surface area contributed by atoms with Crippen molar-refractivity contribution in [3.8, 4) is 0 Å². The van der Waals surface area contributed by atoms with Gasteiger partial charge in [-0.25, -0.2) is 0 Å². The molecule has 0 unspecified atom stereocenters. The first-order valence-corrected chi connectivity index (χ1v) is 8.49. The van der Waals surface area contributed by atoms with E-state index in [1.165, 1.54) is 0 Å². The van der Waals surface area contributed by atoms with E-state index in [0.717, 1.165) is 12.5 Å². The summed E-state index contributed by atoms with van der Waals surface area (Å²) in [6.07, 6.45) is 1.55. The summed E-state index contributed by atoms with van der Waals surface area (Å²) in [4.78, 5) is 4.89. The van der Waals surface area contributed by atoms with Gasteiger partial charge in [0.15, 0.2) is 0 Å². The third-order valence-electron chi connectivity index (χ3n) is 1.75. The Morgan fingerprint density at radius 2 is 1.20 bits per heavy atom. The van der Waals surface area contributed by atoms with Crippen molar-refractivity contribution in [2.45, 2.75) is 12.1 Å². The summed E-state index contributed by atoms with van der Waals surface area (Å²) < 4.78 is 52.2. The predicted molar refractivity (Wildman–Crippen MR) is 67.5 cm³/mol. The van der Waals surface area contributed by atoms with Crippen molar-refractivity contribution in [2.24, 2.45) is 10.2 Å². The van der Waals surface area contributed by atoms with E-state index in [1.54, 1.807) is 0 Å². The quantitative estimate of drug-likeness (QED) is 0.253. The Balaban J connectivity index is 5.04. The molecule has 0 aromatic heterocycles. The first-order valence-electron chi connectivity index (χ1n) is 4.86. The van der Waals surface area contributed by atoms with Crippen LogP contribution in [0.25, 0.3) is 20.9 Å². The van der Waals surface area contributed by atoms with Crippen molar-refractivity contribution in [3.05, 3.63) is 20.9 Å². The minimum atomic E-state index is -3.81. The topological polar surface area (TPSA) is 184 Å². The highest BCUT2D eigenvalue weighted by molar-refractivity contribution is 7.86. The maximum absolute atomic E-state index is 10.8. The van der Waals surface area contributed by atoms with Crippen molar-refractivity contribution in [1.82, 2.24) is 0 Å². The summed E-state index contributed by atoms with van der Waals surface area (Å²) in [5.74, 6) is 0. The van der Waals surface area contributed by atoms with Crippen molar-refractivity contribution in [2.75, 3.05) is 25.7 Å². The number of hydrogen-bond donors (Lipinski definition) is 0. The van der Waals surface area contributed by atoms with Gasteiger partial charge in [0.05, 0.1) is 37.8 Å². The van der Waals surface area contributed by atoms with Gasteiger partial charge < -0.3 is 0 Å². The summed E-state index contributed by atoms with van der Waals surface area (Å²) in [6.45, 7) is -1.22. The summed E-state index contributed by atoms with van der Waals surface area (Å²) in [6, 6.07) is -2.49. The van der Waals surface area contributed by atoms with Crippen LogP contribution in [0.5, 0.6) is 0 Å². The molecule has 0 radical (unpaired) electrons. The second kappa shape index (κ2) is 7.89. The molecule has 0 spiro atoms. The highest BCUT2D eigenvalue weighted by atomic mass is 32.2. The van der Waals surface area contributed by atoms with Gasteiger partial charge in [0.1, 0.15) is 0 Å². The zero-order valence-corrected chi connectivity index (χ0v) is 12.2. The summed E-state index contributed by atoms with van der Waals surface area (Å²) in [5, 5.41) is 6.40. The van der Waals surface area contributed by atoms with Crippen LogP contribution in [-0.2, 0) is 28.6 Å². The van der Waals surface area contributed by atoms with Crippen LogP contribution in [0.2, 0.25) is 0 Å². The molecule has 0 bridgehead atoms. The van der Waals surface area contributed by atoms with Gasteiger partial charge in [0.2, 0.25) is 0 Å². The lowest BCUT2D eigenvalue weighted by molar-refractivity contribution is 0.230. The van der Waals surface area contributed by atoms with Gasteiger partial charge in [-0.1, -0.05) is 10.2 Å². The molecule has 0 aromatic carbocycles. The average Bonchev–Trinajstić information content (AvgIpc) is 2.28. The molecule has 0 rings (SSSR count). The Morgan fingerprint density at radius 1 is 0.900 bits per heavy atom. The van der Waals surface area contributed by atoms with Gasteiger partial charge in [0, 0.05) is 9.82 Å². The average molecular weight is 328 g/mol. The van der Waals surface area contributed by atoms with Gasteiger partial charge in [0.25, 0.3) is 20.2 Å². The maximum Gasteiger partial charge on any atom is 0.264 e. The normalized spacial score (nSPS) is 14.7. The van der Waals surface area contributed by atoms with Gasteiger partial charge in [-0.3, -0.25) is 8.37 Å². The van der Waals surface area contributed by atoms with Crippen LogP contribution < -0.4 is 0 Å². The third kappa shape index (κ3) is 9.38. The molecule has 0 N–H and O–H groups in total. The number of nitrogens with zero attached hydrogens (tertiary/aromatic N) is 6. The molecule has 0 saturated heterocycles. The lowest BCUT2D eigenvalue weighted by atomic mass is 10.2. The summed E-state index contributed by atoms with van der Waals surface area (Å²) >= 11 is 0. The Bertz CT molecular complexity index is 560. The van der Waals surface area contributed by atoms with Crippen LogP contribution >= 0.6 is 0 Å². The Labute approximate surface area is 115 Å². The van der Waals surface area contributed by atoms with Crippen LogP contribution in [0.1, 0.15) is 0 Å². The lowest BCUT2D eigenvalue weighted by Gasteiger charge is -2.17. The largest absolute Gasteiger partial charge is 0.270 e. The molecule has 12 nitrogen and oxygen atoms in total. The standard InChI is InChI=1S/C6H12N6O6S2/c1-19(13,14)17-3-5(9-11-7)6(10-12-8)4-18-20(2,15)16/h5-6H,3-4H2,1-2H3/t5-,6-/m1/s1. The number of azide groups is 2. The molecular formula is C6H12N6O6S2. The van der Waals surface area contributed by atoms with E-state index in [1.807, 2.05) is 0 Å². The molecule has 114 valence electrons. The van der Waals surface area contributed by atoms with Crippen molar-refractivity contribution in [3.63, 3.8) is 0 Å². The molecule has 20 heavy (non-hydrogen) atoms. The fourth-order valence-corrected chi connectivity index (χ4v) is 1.74. The number of rotatable bonds is 9. The van der Waals surface area contributed by atoms with Crippen molar-refractivity contribution >= 4 is 20.2 Å². The molecule has 0 saturated carbocycles. The second-order valence-electron chi connectivity index (χ2n) is 3.52. The smallest absolute Gasteiger partial charge is 0.264 e. The summed E-state index contributed by atoms with van der Waals surface area (Å²) in [7, 11) is -7.61. The molecule has 0 amide bonds. The van der Waals surface area contributed by atoms with Gasteiger partial charge in [-0.2, -0.15) is 16.8 Å². The van der Waals surface area contributed by atoms with Crippen LogP contribution in [0.3, 0.4) is 0 Å². The second-order valence-corrected chi connectivity index (χ2v) is 6.81. The van der Waals surface area contributed by atoms with E-state index in [2.05, 4.69) is 28.4 Å². The Kier molecular flexibility index (Phi) is 7.28. The van der Waals surface area contributed by atoms with Gasteiger partial charge in [-0.15, -0.1) is 0 Å². The van der Waals surface area contributed by atoms with Crippen molar-refractivity contribution < 1.29 is 25.2 Å². The fraction of sp³-hybridized carbons (Fsp3) is 1.00. The zero-order chi connectivity index (χ0) is 15.8. The molecular weight excluding hydrogens is 316 g/mol. The molecule has 2 atom stereocenters. The Morgan fingerprint density at radius 3 is 1.40 bits per heavy atom. The number of hydrogen-bond acceptors (Lipinski definition) is 8. The lowest BCUT2D eigenvalue weighted by Crippen LogP contribution is -2.32. The zero-order valence-electron chi connectivity index (χ0n) is 10.5. The van der Waals surface area contributed by atoms with Crippen LogP contribution in [0.4, 0.5) is 0 Å². The third-order valence-corrected chi connectivity index (χ3v) is 2.88. The predicted octanol–water partition coefficient (Wildman–Crippen LogP) is 0.297. The highest BCUT2D eigenvalue weighted by Gasteiger charge is 2.23. The SMILES string of the molecule is CS(=O)(=O)OC[C@@H](N=[N+]=[N-])[C@@H](COS(C)(=O)=O)N=[N+]=[N-]. The van der Waals surface area contributed by atoms with Crippen molar-refractivity contribution in [1.29, 1.82) is 0 Å². The van der Waals surface area contributed by atoms with Crippen LogP contribution in [0, 0.1) is 0 Å². The maximum atomic E-state index is 10.8. The molecule has 0 heterocycles. The van der Waals surface area contributed by atoms with E-state index in [4.69, 9.17) is 11.1 Å². The fourth-order valence-electron chi connectivity index (χ4n) is 0.962. The minimum Gasteiger partial charge on any atom is -0.270 e. The molecule has 0 fully saturated rings. The summed E-state index contributed by atoms with van der Waals surface area (Å²) in [5.41, 5.74) is 16.7.